The molecule has 1 aromatic heterocycles. The molecule has 0 bridgehead atoms. The third-order valence-electron chi connectivity index (χ3n) is 5.06. The van der Waals surface area contributed by atoms with Gasteiger partial charge in [0.15, 0.2) is 0 Å². The van der Waals surface area contributed by atoms with E-state index in [9.17, 15) is 9.18 Å². The van der Waals surface area contributed by atoms with E-state index < -0.39 is 0 Å². The van der Waals surface area contributed by atoms with Crippen LogP contribution in [0.3, 0.4) is 0 Å². The van der Waals surface area contributed by atoms with Gasteiger partial charge in [0.25, 0.3) is 0 Å². The first-order valence-corrected chi connectivity index (χ1v) is 8.78. The van der Waals surface area contributed by atoms with Crippen molar-refractivity contribution in [2.75, 3.05) is 13.1 Å². The van der Waals surface area contributed by atoms with Gasteiger partial charge in [-0.15, -0.1) is 0 Å². The van der Waals surface area contributed by atoms with Crippen molar-refractivity contribution in [2.24, 2.45) is 7.05 Å². The summed E-state index contributed by atoms with van der Waals surface area (Å²) in [5.41, 5.74) is 1.79. The van der Waals surface area contributed by atoms with Crippen LogP contribution in [-0.2, 0) is 18.4 Å². The van der Waals surface area contributed by atoms with Crippen LogP contribution in [0.5, 0.6) is 0 Å². The van der Waals surface area contributed by atoms with E-state index in [1.807, 2.05) is 24.9 Å². The van der Waals surface area contributed by atoms with Gasteiger partial charge in [0.05, 0.1) is 12.2 Å². The number of rotatable bonds is 5. The molecule has 1 N–H and O–H groups in total. The summed E-state index contributed by atoms with van der Waals surface area (Å²) in [4.78, 5) is 14.6. The van der Waals surface area contributed by atoms with Crippen LogP contribution in [-0.4, -0.2) is 39.7 Å². The molecule has 1 unspecified atom stereocenters. The molecule has 25 heavy (non-hydrogen) atoms. The van der Waals surface area contributed by atoms with Crippen molar-refractivity contribution in [2.45, 2.75) is 38.3 Å². The van der Waals surface area contributed by atoms with Gasteiger partial charge in [-0.25, -0.2) is 4.39 Å². The lowest BCUT2D eigenvalue weighted by Gasteiger charge is -2.35. The number of benzene rings is 1. The smallest absolute Gasteiger partial charge is 0.237 e. The number of amides is 1. The van der Waals surface area contributed by atoms with E-state index in [4.69, 9.17) is 0 Å². The lowest BCUT2D eigenvalue weighted by molar-refractivity contribution is -0.126. The monoisotopic (exact) mass is 344 g/mol. The lowest BCUT2D eigenvalue weighted by atomic mass is 9.91. The Morgan fingerprint density at radius 1 is 1.36 bits per heavy atom. The first-order chi connectivity index (χ1) is 12.0. The summed E-state index contributed by atoms with van der Waals surface area (Å²) < 4.78 is 15.5. The number of halogens is 1. The number of aromatic nitrogens is 2. The van der Waals surface area contributed by atoms with Crippen LogP contribution in [0.15, 0.2) is 36.7 Å². The number of carbonyl (C=O) groups excluding carboxylic acids is 1. The lowest BCUT2D eigenvalue weighted by Crippen LogP contribution is -2.47. The molecule has 6 heteroatoms. The summed E-state index contributed by atoms with van der Waals surface area (Å²) in [6.07, 6.45) is 6.06. The van der Waals surface area contributed by atoms with Gasteiger partial charge in [-0.1, -0.05) is 18.2 Å². The van der Waals surface area contributed by atoms with Gasteiger partial charge >= 0.3 is 0 Å². The van der Waals surface area contributed by atoms with Gasteiger partial charge in [-0.3, -0.25) is 14.4 Å². The summed E-state index contributed by atoms with van der Waals surface area (Å²) in [5, 5.41) is 7.09. The SMILES string of the molecule is CC(C(=O)NCc1ccccc1F)N1CCC(c2cnn(C)c2)CC1. The second-order valence-electron chi connectivity index (χ2n) is 6.74. The number of nitrogens with zero attached hydrogens (tertiary/aromatic N) is 3. The molecular weight excluding hydrogens is 319 g/mol. The van der Waals surface area contributed by atoms with E-state index in [2.05, 4.69) is 21.5 Å². The molecule has 5 nitrogen and oxygen atoms in total. The minimum Gasteiger partial charge on any atom is -0.351 e. The van der Waals surface area contributed by atoms with Crippen LogP contribution in [0.25, 0.3) is 0 Å². The molecule has 134 valence electrons. The first kappa shape index (κ1) is 17.6. The van der Waals surface area contributed by atoms with Crippen molar-refractivity contribution in [3.05, 3.63) is 53.6 Å². The maximum atomic E-state index is 13.6. The molecular formula is C19H25FN4O. The van der Waals surface area contributed by atoms with E-state index >= 15 is 0 Å². The van der Waals surface area contributed by atoms with Crippen LogP contribution in [0.2, 0.25) is 0 Å². The Bertz CT molecular complexity index is 722. The molecule has 3 rings (SSSR count). The third-order valence-corrected chi connectivity index (χ3v) is 5.06. The van der Waals surface area contributed by atoms with Crippen molar-refractivity contribution >= 4 is 5.91 Å². The minimum atomic E-state index is -0.285. The summed E-state index contributed by atoms with van der Waals surface area (Å²) in [6, 6.07) is 6.32. The third kappa shape index (κ3) is 4.25. The number of piperidine rings is 1. The molecule has 1 aliphatic heterocycles. The number of carbonyl (C=O) groups is 1. The zero-order chi connectivity index (χ0) is 17.8. The molecule has 1 fully saturated rings. The summed E-state index contributed by atoms with van der Waals surface area (Å²) in [5.74, 6) is 0.175. The maximum Gasteiger partial charge on any atom is 0.237 e. The number of nitrogens with one attached hydrogen (secondary N) is 1. The zero-order valence-corrected chi connectivity index (χ0v) is 14.8. The van der Waals surface area contributed by atoms with Crippen LogP contribution >= 0.6 is 0 Å². The zero-order valence-electron chi connectivity index (χ0n) is 14.8. The molecule has 0 spiro atoms. The van der Waals surface area contributed by atoms with Crippen LogP contribution < -0.4 is 5.32 Å². The Labute approximate surface area is 147 Å². The number of likely N-dealkylation sites (tertiary alicyclic amines) is 1. The summed E-state index contributed by atoms with van der Waals surface area (Å²) >= 11 is 0. The molecule has 2 aromatic rings. The van der Waals surface area contributed by atoms with Gasteiger partial charge in [-0.05, 0) is 50.4 Å². The van der Waals surface area contributed by atoms with E-state index in [-0.39, 0.29) is 24.3 Å². The second-order valence-corrected chi connectivity index (χ2v) is 6.74. The molecule has 0 saturated carbocycles. The number of hydrogen-bond donors (Lipinski definition) is 1. The van der Waals surface area contributed by atoms with E-state index in [1.54, 1.807) is 18.2 Å². The standard InChI is InChI=1S/C19H25FN4O/c1-14(19(25)21-11-16-5-3-4-6-18(16)20)24-9-7-15(8-10-24)17-12-22-23(2)13-17/h3-6,12-15H,7-11H2,1-2H3,(H,21,25). The summed E-state index contributed by atoms with van der Waals surface area (Å²) in [6.45, 7) is 3.91. The van der Waals surface area contributed by atoms with Gasteiger partial charge in [-0.2, -0.15) is 5.10 Å². The predicted molar refractivity (Wildman–Crippen MR) is 94.5 cm³/mol. The van der Waals surface area contributed by atoms with Crippen molar-refractivity contribution < 1.29 is 9.18 Å². The Hall–Kier alpha value is -2.21. The average Bonchev–Trinajstić information content (AvgIpc) is 3.07. The fraction of sp³-hybridized carbons (Fsp3) is 0.474. The molecule has 1 amide bonds. The molecule has 1 atom stereocenters. The fourth-order valence-electron chi connectivity index (χ4n) is 3.41. The highest BCUT2D eigenvalue weighted by atomic mass is 19.1. The molecule has 1 aromatic carbocycles. The highest BCUT2D eigenvalue weighted by molar-refractivity contribution is 5.81. The van der Waals surface area contributed by atoms with E-state index in [0.717, 1.165) is 25.9 Å². The second kappa shape index (κ2) is 7.78. The molecule has 1 aliphatic rings. The molecule has 0 aliphatic carbocycles. The van der Waals surface area contributed by atoms with E-state index in [1.165, 1.54) is 11.6 Å². The predicted octanol–water partition coefficient (Wildman–Crippen LogP) is 2.44. The topological polar surface area (TPSA) is 50.2 Å². The van der Waals surface area contributed by atoms with Gasteiger partial charge < -0.3 is 5.32 Å². The van der Waals surface area contributed by atoms with Crippen molar-refractivity contribution in [3.63, 3.8) is 0 Å². The van der Waals surface area contributed by atoms with Crippen LogP contribution in [0.4, 0.5) is 4.39 Å². The van der Waals surface area contributed by atoms with Gasteiger partial charge in [0.1, 0.15) is 5.82 Å². The highest BCUT2D eigenvalue weighted by Crippen LogP contribution is 2.28. The number of aryl methyl sites for hydroxylation is 1. The Balaban J connectivity index is 1.49. The van der Waals surface area contributed by atoms with Crippen molar-refractivity contribution in [3.8, 4) is 0 Å². The average molecular weight is 344 g/mol. The molecule has 2 heterocycles. The first-order valence-electron chi connectivity index (χ1n) is 8.78. The Kier molecular flexibility index (Phi) is 5.48. The maximum absolute atomic E-state index is 13.6. The highest BCUT2D eigenvalue weighted by Gasteiger charge is 2.27. The van der Waals surface area contributed by atoms with Crippen LogP contribution in [0.1, 0.15) is 36.8 Å². The fourth-order valence-corrected chi connectivity index (χ4v) is 3.41. The van der Waals surface area contributed by atoms with Gasteiger partial charge in [0, 0.05) is 25.4 Å². The molecule has 1 saturated heterocycles. The van der Waals surface area contributed by atoms with Crippen molar-refractivity contribution in [1.82, 2.24) is 20.0 Å². The van der Waals surface area contributed by atoms with E-state index in [0.29, 0.717) is 11.5 Å². The Morgan fingerprint density at radius 2 is 2.08 bits per heavy atom. The normalized spacial score (nSPS) is 17.4. The van der Waals surface area contributed by atoms with Gasteiger partial charge in [0.2, 0.25) is 5.91 Å². The summed E-state index contributed by atoms with van der Waals surface area (Å²) in [7, 11) is 1.93. The van der Waals surface area contributed by atoms with Crippen LogP contribution in [0, 0.1) is 5.82 Å². The number of hydrogen-bond acceptors (Lipinski definition) is 3. The Morgan fingerprint density at radius 3 is 2.72 bits per heavy atom. The minimum absolute atomic E-state index is 0.0527. The quantitative estimate of drug-likeness (QED) is 0.906. The largest absolute Gasteiger partial charge is 0.351 e. The molecule has 0 radical (unpaired) electrons. The van der Waals surface area contributed by atoms with Crippen molar-refractivity contribution in [1.29, 1.82) is 0 Å².